The van der Waals surface area contributed by atoms with E-state index >= 15 is 0 Å². The van der Waals surface area contributed by atoms with Crippen molar-refractivity contribution in [2.75, 3.05) is 5.32 Å². The molecule has 2 unspecified atom stereocenters. The van der Waals surface area contributed by atoms with Crippen LogP contribution in [-0.4, -0.2) is 0 Å². The maximum Gasteiger partial charge on any atom is 0.0473 e. The predicted octanol–water partition coefficient (Wildman–Crippen LogP) is 4.15. The van der Waals surface area contributed by atoms with E-state index in [1.54, 1.807) is 31.4 Å². The van der Waals surface area contributed by atoms with Crippen molar-refractivity contribution in [3.63, 3.8) is 0 Å². The normalized spacial score (nSPS) is 24.8. The van der Waals surface area contributed by atoms with Crippen LogP contribution in [0.1, 0.15) is 25.7 Å². The van der Waals surface area contributed by atoms with Gasteiger partial charge < -0.3 is 5.32 Å². The van der Waals surface area contributed by atoms with Gasteiger partial charge in [-0.2, -0.15) is 0 Å². The van der Waals surface area contributed by atoms with E-state index in [1.165, 1.54) is 18.3 Å². The van der Waals surface area contributed by atoms with Crippen molar-refractivity contribution in [3.05, 3.63) is 29.3 Å². The smallest absolute Gasteiger partial charge is 0.0473 e. The Labute approximate surface area is 102 Å². The molecule has 0 spiro atoms. The highest BCUT2D eigenvalue weighted by Crippen LogP contribution is 2.51. The number of benzene rings is 1. The first-order valence-corrected chi connectivity index (χ1v) is 6.14. The van der Waals surface area contributed by atoms with Gasteiger partial charge in [0.15, 0.2) is 0 Å². The van der Waals surface area contributed by atoms with E-state index in [0.717, 1.165) is 5.69 Å². The monoisotopic (exact) mass is 233 g/mol. The third kappa shape index (κ3) is 3.18. The average Bonchev–Trinajstić information content (AvgIpc) is 2.87. The van der Waals surface area contributed by atoms with E-state index in [0.29, 0.717) is 5.02 Å². The van der Waals surface area contributed by atoms with Crippen molar-refractivity contribution < 1.29 is 0 Å². The molecule has 2 heteroatoms. The maximum atomic E-state index is 5.67. The summed E-state index contributed by atoms with van der Waals surface area (Å²) in [6.45, 7) is 0. The first kappa shape index (κ1) is 11.4. The molecule has 1 aromatic rings. The number of nitrogens with one attached hydrogen (secondary N) is 1. The SMILES string of the molecule is C#CNc1cccc(Cl)c1.C1CC2CC2C1. The third-order valence-electron chi connectivity index (χ3n) is 3.26. The molecular weight excluding hydrogens is 218 g/mol. The lowest BCUT2D eigenvalue weighted by atomic mass is 10.3. The zero-order chi connectivity index (χ0) is 11.4. The summed E-state index contributed by atoms with van der Waals surface area (Å²) in [5, 5.41) is 3.37. The molecule has 2 aliphatic rings. The van der Waals surface area contributed by atoms with E-state index in [1.807, 2.05) is 12.1 Å². The van der Waals surface area contributed by atoms with Crippen molar-refractivity contribution in [2.45, 2.75) is 25.7 Å². The average molecular weight is 234 g/mol. The molecule has 2 saturated carbocycles. The third-order valence-corrected chi connectivity index (χ3v) is 3.50. The fraction of sp³-hybridized carbons (Fsp3) is 0.429. The van der Waals surface area contributed by atoms with Gasteiger partial charge in [-0.1, -0.05) is 43.4 Å². The molecular formula is C14H16ClN. The van der Waals surface area contributed by atoms with Gasteiger partial charge in [-0.3, -0.25) is 0 Å². The van der Waals surface area contributed by atoms with E-state index in [4.69, 9.17) is 18.0 Å². The van der Waals surface area contributed by atoms with Crippen molar-refractivity contribution in [3.8, 4) is 12.5 Å². The second kappa shape index (κ2) is 5.27. The number of terminal acetylenes is 1. The Bertz CT molecular complexity index is 386. The Balaban J connectivity index is 0.000000134. The first-order valence-electron chi connectivity index (χ1n) is 5.77. The van der Waals surface area contributed by atoms with Gasteiger partial charge in [-0.05, 0) is 36.5 Å². The molecule has 1 aromatic carbocycles. The van der Waals surface area contributed by atoms with Crippen LogP contribution in [0.15, 0.2) is 24.3 Å². The van der Waals surface area contributed by atoms with Crippen LogP contribution in [-0.2, 0) is 0 Å². The van der Waals surface area contributed by atoms with Crippen LogP contribution in [0, 0.1) is 24.3 Å². The van der Waals surface area contributed by atoms with Crippen LogP contribution < -0.4 is 5.32 Å². The van der Waals surface area contributed by atoms with Gasteiger partial charge in [0.2, 0.25) is 0 Å². The number of rotatable bonds is 1. The molecule has 0 saturated heterocycles. The minimum atomic E-state index is 0.681. The molecule has 3 rings (SSSR count). The lowest BCUT2D eigenvalue weighted by molar-refractivity contribution is 0.735. The summed E-state index contributed by atoms with van der Waals surface area (Å²) < 4.78 is 0. The highest BCUT2D eigenvalue weighted by Gasteiger charge is 2.40. The lowest BCUT2D eigenvalue weighted by Gasteiger charge is -1.96. The molecule has 2 fully saturated rings. The van der Waals surface area contributed by atoms with Gasteiger partial charge in [-0.15, -0.1) is 0 Å². The van der Waals surface area contributed by atoms with Crippen LogP contribution in [0.3, 0.4) is 0 Å². The molecule has 0 radical (unpaired) electrons. The molecule has 1 nitrogen and oxygen atoms in total. The fourth-order valence-corrected chi connectivity index (χ4v) is 2.50. The predicted molar refractivity (Wildman–Crippen MR) is 69.4 cm³/mol. The standard InChI is InChI=1S/C8H6ClN.C6H10/c1-2-10-8-5-3-4-7(9)6-8;1-2-5-4-6(5)3-1/h1,3-6,10H;5-6H,1-4H2. The second-order valence-electron chi connectivity index (χ2n) is 4.47. The van der Waals surface area contributed by atoms with E-state index in [9.17, 15) is 0 Å². The Morgan fingerprint density at radius 2 is 2.06 bits per heavy atom. The number of halogens is 1. The Morgan fingerprint density at radius 3 is 2.50 bits per heavy atom. The zero-order valence-corrected chi connectivity index (χ0v) is 10.0. The number of fused-ring (bicyclic) bond motifs is 1. The van der Waals surface area contributed by atoms with Crippen LogP contribution in [0.2, 0.25) is 5.02 Å². The second-order valence-corrected chi connectivity index (χ2v) is 4.90. The molecule has 0 aromatic heterocycles. The molecule has 16 heavy (non-hydrogen) atoms. The first-order chi connectivity index (χ1) is 7.79. The van der Waals surface area contributed by atoms with E-state index in [2.05, 4.69) is 11.4 Å². The fourth-order valence-electron chi connectivity index (χ4n) is 2.31. The molecule has 1 N–H and O–H groups in total. The summed E-state index contributed by atoms with van der Waals surface area (Å²) in [7, 11) is 0. The molecule has 2 atom stereocenters. The van der Waals surface area contributed by atoms with Gasteiger partial charge in [0, 0.05) is 16.8 Å². The summed E-state index contributed by atoms with van der Waals surface area (Å²) in [6, 6.07) is 9.55. The van der Waals surface area contributed by atoms with E-state index < -0.39 is 0 Å². The lowest BCUT2D eigenvalue weighted by Crippen LogP contribution is -1.84. The highest BCUT2D eigenvalue weighted by molar-refractivity contribution is 6.30. The minimum Gasteiger partial charge on any atom is -0.315 e. The highest BCUT2D eigenvalue weighted by atomic mass is 35.5. The largest absolute Gasteiger partial charge is 0.315 e. The molecule has 0 bridgehead atoms. The molecule has 0 heterocycles. The zero-order valence-electron chi connectivity index (χ0n) is 9.25. The van der Waals surface area contributed by atoms with E-state index in [-0.39, 0.29) is 0 Å². The van der Waals surface area contributed by atoms with Gasteiger partial charge in [0.05, 0.1) is 0 Å². The Kier molecular flexibility index (Phi) is 3.74. The Hall–Kier alpha value is -1.13. The Morgan fingerprint density at radius 1 is 1.31 bits per heavy atom. The quantitative estimate of drug-likeness (QED) is 0.568. The maximum absolute atomic E-state index is 5.67. The van der Waals surface area contributed by atoms with Crippen molar-refractivity contribution in [2.24, 2.45) is 11.8 Å². The minimum absolute atomic E-state index is 0.681. The summed E-state index contributed by atoms with van der Waals surface area (Å²) in [6.07, 6.45) is 11.2. The summed E-state index contributed by atoms with van der Waals surface area (Å²) in [5.41, 5.74) is 0.843. The van der Waals surface area contributed by atoms with Crippen LogP contribution in [0.25, 0.3) is 0 Å². The van der Waals surface area contributed by atoms with Crippen molar-refractivity contribution >= 4 is 17.3 Å². The van der Waals surface area contributed by atoms with Gasteiger partial charge in [0.1, 0.15) is 0 Å². The van der Waals surface area contributed by atoms with Crippen LogP contribution in [0.5, 0.6) is 0 Å². The van der Waals surface area contributed by atoms with Crippen LogP contribution in [0.4, 0.5) is 5.69 Å². The van der Waals surface area contributed by atoms with Gasteiger partial charge in [-0.25, -0.2) is 0 Å². The summed E-state index contributed by atoms with van der Waals surface area (Å²) >= 11 is 5.67. The van der Waals surface area contributed by atoms with Crippen molar-refractivity contribution in [1.29, 1.82) is 0 Å². The molecule has 2 aliphatic carbocycles. The topological polar surface area (TPSA) is 12.0 Å². The number of hydrogen-bond acceptors (Lipinski definition) is 1. The molecule has 0 aliphatic heterocycles. The van der Waals surface area contributed by atoms with Crippen LogP contribution >= 0.6 is 11.6 Å². The summed E-state index contributed by atoms with van der Waals surface area (Å²) in [4.78, 5) is 0. The van der Waals surface area contributed by atoms with Crippen molar-refractivity contribution in [1.82, 2.24) is 0 Å². The van der Waals surface area contributed by atoms with Gasteiger partial charge >= 0.3 is 0 Å². The summed E-state index contributed by atoms with van der Waals surface area (Å²) in [5.74, 6) is 2.43. The molecule has 0 amide bonds. The molecule has 84 valence electrons. The number of anilines is 1. The van der Waals surface area contributed by atoms with Gasteiger partial charge in [0.25, 0.3) is 0 Å². The number of hydrogen-bond donors (Lipinski definition) is 1.